The molecule has 3 rings (SSSR count). The predicted octanol–water partition coefficient (Wildman–Crippen LogP) is 3.46. The van der Waals surface area contributed by atoms with E-state index in [4.69, 9.17) is 4.42 Å². The second-order valence-corrected chi connectivity index (χ2v) is 5.86. The van der Waals surface area contributed by atoms with Gasteiger partial charge in [-0.3, -0.25) is 0 Å². The summed E-state index contributed by atoms with van der Waals surface area (Å²) < 4.78 is 18.7. The maximum Gasteiger partial charge on any atom is 0.247 e. The Bertz CT molecular complexity index is 586. The lowest BCUT2D eigenvalue weighted by molar-refractivity contribution is 0.163. The molecule has 0 aliphatic carbocycles. The van der Waals surface area contributed by atoms with E-state index >= 15 is 0 Å². The maximum atomic E-state index is 12.9. The molecule has 1 saturated heterocycles. The van der Waals surface area contributed by atoms with Crippen LogP contribution in [0.1, 0.15) is 38.5 Å². The van der Waals surface area contributed by atoms with Crippen LogP contribution in [-0.2, 0) is 0 Å². The van der Waals surface area contributed by atoms with Gasteiger partial charge in [-0.05, 0) is 64.0 Å². The van der Waals surface area contributed by atoms with Crippen molar-refractivity contribution >= 4 is 0 Å². The van der Waals surface area contributed by atoms with Crippen LogP contribution in [0.25, 0.3) is 11.5 Å². The molecule has 0 spiro atoms. The molecule has 1 fully saturated rings. The first-order valence-corrected chi connectivity index (χ1v) is 7.47. The number of benzene rings is 1. The first-order chi connectivity index (χ1) is 10.1. The second kappa shape index (κ2) is 5.93. The maximum absolute atomic E-state index is 12.9. The molecule has 0 N–H and O–H groups in total. The third kappa shape index (κ3) is 3.13. The average Bonchev–Trinajstić information content (AvgIpc) is 2.98. The first-order valence-electron chi connectivity index (χ1n) is 7.47. The highest BCUT2D eigenvalue weighted by atomic mass is 19.1. The summed E-state index contributed by atoms with van der Waals surface area (Å²) in [6.07, 6.45) is 2.09. The Balaban J connectivity index is 1.70. The van der Waals surface area contributed by atoms with Gasteiger partial charge in [0, 0.05) is 17.5 Å². The van der Waals surface area contributed by atoms with Gasteiger partial charge in [-0.2, -0.15) is 0 Å². The van der Waals surface area contributed by atoms with Crippen LogP contribution in [0.4, 0.5) is 4.39 Å². The summed E-state index contributed by atoms with van der Waals surface area (Å²) in [5.41, 5.74) is 0.759. The van der Waals surface area contributed by atoms with Crippen molar-refractivity contribution in [2.75, 3.05) is 13.1 Å². The van der Waals surface area contributed by atoms with Crippen molar-refractivity contribution < 1.29 is 8.81 Å². The Kier molecular flexibility index (Phi) is 4.01. The molecule has 1 aliphatic heterocycles. The van der Waals surface area contributed by atoms with Crippen molar-refractivity contribution in [1.29, 1.82) is 0 Å². The highest BCUT2D eigenvalue weighted by molar-refractivity contribution is 5.52. The van der Waals surface area contributed by atoms with E-state index in [1.165, 1.54) is 12.1 Å². The summed E-state index contributed by atoms with van der Waals surface area (Å²) in [5.74, 6) is 1.25. The minimum absolute atomic E-state index is 0.264. The largest absolute Gasteiger partial charge is 0.420 e. The van der Waals surface area contributed by atoms with E-state index in [1.54, 1.807) is 12.1 Å². The Morgan fingerprint density at radius 1 is 1.14 bits per heavy atom. The van der Waals surface area contributed by atoms with E-state index in [0.29, 0.717) is 23.7 Å². The van der Waals surface area contributed by atoms with Crippen LogP contribution in [0.5, 0.6) is 0 Å². The number of piperidine rings is 1. The molecule has 0 radical (unpaired) electrons. The molecule has 4 nitrogen and oxygen atoms in total. The van der Waals surface area contributed by atoms with Crippen molar-refractivity contribution in [2.45, 2.75) is 38.6 Å². The van der Waals surface area contributed by atoms with Crippen molar-refractivity contribution in [3.63, 3.8) is 0 Å². The lowest BCUT2D eigenvalue weighted by Gasteiger charge is -2.33. The molecule has 0 atom stereocenters. The fourth-order valence-electron chi connectivity index (χ4n) is 2.77. The Morgan fingerprint density at radius 3 is 2.43 bits per heavy atom. The summed E-state index contributed by atoms with van der Waals surface area (Å²) in [4.78, 5) is 2.47. The molecule has 0 saturated carbocycles. The van der Waals surface area contributed by atoms with E-state index in [0.717, 1.165) is 31.5 Å². The van der Waals surface area contributed by atoms with Crippen LogP contribution in [0, 0.1) is 5.82 Å². The zero-order valence-corrected chi connectivity index (χ0v) is 12.4. The smallest absolute Gasteiger partial charge is 0.247 e. The fourth-order valence-corrected chi connectivity index (χ4v) is 2.77. The Hall–Kier alpha value is -1.75. The van der Waals surface area contributed by atoms with Crippen LogP contribution in [0.2, 0.25) is 0 Å². The molecular weight excluding hydrogens is 269 g/mol. The number of rotatable bonds is 3. The molecule has 21 heavy (non-hydrogen) atoms. The minimum atomic E-state index is -0.264. The molecule has 2 heterocycles. The van der Waals surface area contributed by atoms with E-state index in [2.05, 4.69) is 28.9 Å². The minimum Gasteiger partial charge on any atom is -0.420 e. The van der Waals surface area contributed by atoms with Gasteiger partial charge in [0.25, 0.3) is 0 Å². The summed E-state index contributed by atoms with van der Waals surface area (Å²) in [6, 6.07) is 6.71. The van der Waals surface area contributed by atoms with Gasteiger partial charge in [0.05, 0.1) is 0 Å². The van der Waals surface area contributed by atoms with E-state index in [9.17, 15) is 4.39 Å². The average molecular weight is 289 g/mol. The van der Waals surface area contributed by atoms with Gasteiger partial charge < -0.3 is 9.32 Å². The summed E-state index contributed by atoms with van der Waals surface area (Å²) in [5, 5.41) is 8.27. The highest BCUT2D eigenvalue weighted by Gasteiger charge is 2.26. The topological polar surface area (TPSA) is 42.2 Å². The van der Waals surface area contributed by atoms with Crippen molar-refractivity contribution in [2.24, 2.45) is 0 Å². The monoisotopic (exact) mass is 289 g/mol. The van der Waals surface area contributed by atoms with E-state index in [1.807, 2.05) is 0 Å². The lowest BCUT2D eigenvalue weighted by atomic mass is 9.96. The lowest BCUT2D eigenvalue weighted by Crippen LogP contribution is -2.37. The Morgan fingerprint density at radius 2 is 1.81 bits per heavy atom. The van der Waals surface area contributed by atoms with Gasteiger partial charge in [0.15, 0.2) is 0 Å². The number of likely N-dealkylation sites (tertiary alicyclic amines) is 1. The molecule has 1 aliphatic rings. The van der Waals surface area contributed by atoms with Gasteiger partial charge in [0.2, 0.25) is 11.8 Å². The molecule has 0 bridgehead atoms. The Labute approximate surface area is 124 Å². The third-order valence-corrected chi connectivity index (χ3v) is 4.14. The molecule has 1 aromatic carbocycles. The van der Waals surface area contributed by atoms with Crippen LogP contribution in [0.3, 0.4) is 0 Å². The number of hydrogen-bond acceptors (Lipinski definition) is 4. The molecule has 1 aromatic heterocycles. The number of aromatic nitrogens is 2. The van der Waals surface area contributed by atoms with Gasteiger partial charge in [-0.1, -0.05) is 0 Å². The summed E-state index contributed by atoms with van der Waals surface area (Å²) in [6.45, 7) is 6.58. The van der Waals surface area contributed by atoms with Crippen molar-refractivity contribution in [3.8, 4) is 11.5 Å². The van der Waals surface area contributed by atoms with Gasteiger partial charge in [-0.15, -0.1) is 10.2 Å². The number of halogens is 1. The standard InChI is InChI=1S/C16H20FN3O/c1-11(2)20-9-7-13(8-10-20)16-19-18-15(21-16)12-3-5-14(17)6-4-12/h3-6,11,13H,7-10H2,1-2H3. The van der Waals surface area contributed by atoms with Gasteiger partial charge in [-0.25, -0.2) is 4.39 Å². The summed E-state index contributed by atoms with van der Waals surface area (Å²) in [7, 11) is 0. The normalized spacial score (nSPS) is 17.5. The van der Waals surface area contributed by atoms with Gasteiger partial charge >= 0.3 is 0 Å². The molecule has 2 aromatic rings. The molecular formula is C16H20FN3O. The van der Waals surface area contributed by atoms with Crippen LogP contribution in [0.15, 0.2) is 28.7 Å². The highest BCUT2D eigenvalue weighted by Crippen LogP contribution is 2.29. The SMILES string of the molecule is CC(C)N1CCC(c2nnc(-c3ccc(F)cc3)o2)CC1. The predicted molar refractivity (Wildman–Crippen MR) is 78.4 cm³/mol. The first kappa shape index (κ1) is 14.2. The number of hydrogen-bond donors (Lipinski definition) is 0. The molecule has 112 valence electrons. The second-order valence-electron chi connectivity index (χ2n) is 5.86. The van der Waals surface area contributed by atoms with E-state index in [-0.39, 0.29) is 5.82 Å². The van der Waals surface area contributed by atoms with Crippen LogP contribution in [-0.4, -0.2) is 34.2 Å². The third-order valence-electron chi connectivity index (χ3n) is 4.14. The quantitative estimate of drug-likeness (QED) is 0.867. The zero-order valence-electron chi connectivity index (χ0n) is 12.4. The molecule has 0 amide bonds. The van der Waals surface area contributed by atoms with Crippen LogP contribution >= 0.6 is 0 Å². The van der Waals surface area contributed by atoms with Gasteiger partial charge in [0.1, 0.15) is 5.82 Å². The fraction of sp³-hybridized carbons (Fsp3) is 0.500. The van der Waals surface area contributed by atoms with Crippen molar-refractivity contribution in [3.05, 3.63) is 36.0 Å². The number of nitrogens with zero attached hydrogens (tertiary/aromatic N) is 3. The summed E-state index contributed by atoms with van der Waals surface area (Å²) >= 11 is 0. The zero-order chi connectivity index (χ0) is 14.8. The molecule has 0 unspecified atom stereocenters. The van der Waals surface area contributed by atoms with E-state index < -0.39 is 0 Å². The molecule has 5 heteroatoms. The van der Waals surface area contributed by atoms with Crippen molar-refractivity contribution in [1.82, 2.24) is 15.1 Å². The van der Waals surface area contributed by atoms with Crippen LogP contribution < -0.4 is 0 Å².